The summed E-state index contributed by atoms with van der Waals surface area (Å²) < 4.78 is 1.84. The molecule has 2 aliphatic rings. The summed E-state index contributed by atoms with van der Waals surface area (Å²) in [4.78, 5) is 46.0. The van der Waals surface area contributed by atoms with E-state index < -0.39 is 5.43 Å². The first kappa shape index (κ1) is 25.3. The topological polar surface area (TPSA) is 65.9 Å². The molecule has 0 radical (unpaired) electrons. The second-order valence-electron chi connectivity index (χ2n) is 9.97. The summed E-state index contributed by atoms with van der Waals surface area (Å²) in [7, 11) is 0. The highest BCUT2D eigenvalue weighted by atomic mass is 35.5. The molecule has 2 fully saturated rings. The third-order valence-corrected chi connectivity index (χ3v) is 7.02. The minimum absolute atomic E-state index is 0.0891. The molecule has 188 valence electrons. The largest absolute Gasteiger partial charge is 0.368 e. The number of nitrogens with zero attached hydrogens (tertiary/aromatic N) is 4. The van der Waals surface area contributed by atoms with Gasteiger partial charge in [-0.15, -0.1) is 0 Å². The summed E-state index contributed by atoms with van der Waals surface area (Å²) in [5.74, 6) is -0.241. The molecule has 4 rings (SSSR count). The fourth-order valence-corrected chi connectivity index (χ4v) is 5.02. The quantitative estimate of drug-likeness (QED) is 0.621. The average molecular weight is 499 g/mol. The Labute approximate surface area is 212 Å². The molecular weight excluding hydrogens is 464 g/mol. The average Bonchev–Trinajstić information content (AvgIpc) is 3.14. The van der Waals surface area contributed by atoms with E-state index in [1.165, 1.54) is 0 Å². The van der Waals surface area contributed by atoms with E-state index in [0.717, 1.165) is 31.4 Å². The molecule has 0 atom stereocenters. The minimum atomic E-state index is -0.454. The van der Waals surface area contributed by atoms with Gasteiger partial charge in [-0.05, 0) is 43.0 Å². The molecule has 7 nitrogen and oxygen atoms in total. The highest BCUT2D eigenvalue weighted by Crippen LogP contribution is 2.20. The molecule has 0 aliphatic carbocycles. The van der Waals surface area contributed by atoms with E-state index in [0.29, 0.717) is 56.8 Å². The molecule has 0 unspecified atom stereocenters. The lowest BCUT2D eigenvalue weighted by atomic mass is 10.1. The number of hydrogen-bond donors (Lipinski definition) is 0. The van der Waals surface area contributed by atoms with Crippen molar-refractivity contribution in [3.05, 3.63) is 63.0 Å². The predicted molar refractivity (Wildman–Crippen MR) is 139 cm³/mol. The Morgan fingerprint density at radius 1 is 0.800 bits per heavy atom. The van der Waals surface area contributed by atoms with Crippen molar-refractivity contribution >= 4 is 29.1 Å². The molecule has 0 saturated carbocycles. The molecule has 35 heavy (non-hydrogen) atoms. The number of halogens is 1. The van der Waals surface area contributed by atoms with Crippen LogP contribution in [0.2, 0.25) is 5.02 Å². The summed E-state index contributed by atoms with van der Waals surface area (Å²) in [6.07, 6.45) is 7.37. The lowest BCUT2D eigenvalue weighted by molar-refractivity contribution is 0.0743. The van der Waals surface area contributed by atoms with Crippen LogP contribution in [-0.4, -0.2) is 65.4 Å². The second-order valence-corrected chi connectivity index (χ2v) is 10.4. The zero-order valence-corrected chi connectivity index (χ0v) is 21.5. The number of anilines is 1. The van der Waals surface area contributed by atoms with Gasteiger partial charge in [-0.2, -0.15) is 0 Å². The minimum Gasteiger partial charge on any atom is -0.368 e. The van der Waals surface area contributed by atoms with Gasteiger partial charge >= 0.3 is 0 Å². The number of benzene rings is 1. The van der Waals surface area contributed by atoms with Gasteiger partial charge in [0.05, 0.1) is 0 Å². The molecule has 1 aromatic carbocycles. The van der Waals surface area contributed by atoms with Crippen molar-refractivity contribution in [1.82, 2.24) is 14.4 Å². The molecule has 2 aromatic rings. The number of amides is 2. The lowest BCUT2D eigenvalue weighted by Gasteiger charge is -2.36. The monoisotopic (exact) mass is 498 g/mol. The molecule has 2 saturated heterocycles. The Balaban J connectivity index is 1.56. The number of pyridine rings is 1. The van der Waals surface area contributed by atoms with Gasteiger partial charge in [0, 0.05) is 68.9 Å². The van der Waals surface area contributed by atoms with Crippen molar-refractivity contribution in [2.45, 2.75) is 46.1 Å². The molecular formula is C27H35ClN4O3. The zero-order valence-electron chi connectivity index (χ0n) is 20.7. The number of carbonyl (C=O) groups is 2. The maximum Gasteiger partial charge on any atom is 0.259 e. The van der Waals surface area contributed by atoms with E-state index in [-0.39, 0.29) is 22.9 Å². The van der Waals surface area contributed by atoms with Gasteiger partial charge in [-0.25, -0.2) is 0 Å². The molecule has 8 heteroatoms. The van der Waals surface area contributed by atoms with E-state index in [9.17, 15) is 14.4 Å². The van der Waals surface area contributed by atoms with E-state index in [4.69, 9.17) is 11.6 Å². The summed E-state index contributed by atoms with van der Waals surface area (Å²) >= 11 is 6.00. The molecule has 0 N–H and O–H groups in total. The predicted octanol–water partition coefficient (Wildman–Crippen LogP) is 4.14. The summed E-state index contributed by atoms with van der Waals surface area (Å²) in [5, 5.41) is 0.690. The number of likely N-dealkylation sites (tertiary alicyclic amines) is 1. The fourth-order valence-electron chi connectivity index (χ4n) is 4.90. The van der Waals surface area contributed by atoms with Crippen LogP contribution in [0, 0.1) is 5.92 Å². The van der Waals surface area contributed by atoms with E-state index in [2.05, 4.69) is 18.7 Å². The first-order valence-electron chi connectivity index (χ1n) is 12.7. The van der Waals surface area contributed by atoms with Crippen LogP contribution in [0.4, 0.5) is 5.69 Å². The molecule has 0 spiro atoms. The van der Waals surface area contributed by atoms with Crippen molar-refractivity contribution in [1.29, 1.82) is 0 Å². The number of carbonyl (C=O) groups excluding carboxylic acids is 2. The Hall–Kier alpha value is -2.80. The molecule has 2 aliphatic heterocycles. The second kappa shape index (κ2) is 11.3. The Bertz CT molecular complexity index is 1100. The van der Waals surface area contributed by atoms with Crippen molar-refractivity contribution in [2.75, 3.05) is 44.2 Å². The van der Waals surface area contributed by atoms with Crippen LogP contribution in [-0.2, 0) is 6.54 Å². The third-order valence-electron chi connectivity index (χ3n) is 6.77. The maximum atomic E-state index is 13.5. The maximum absolute atomic E-state index is 13.5. The normalized spacial score (nSPS) is 17.0. The van der Waals surface area contributed by atoms with Crippen LogP contribution in [0.25, 0.3) is 0 Å². The molecule has 3 heterocycles. The molecule has 1 aromatic heterocycles. The van der Waals surface area contributed by atoms with Gasteiger partial charge in [0.2, 0.25) is 5.43 Å². The van der Waals surface area contributed by atoms with Crippen molar-refractivity contribution in [3.8, 4) is 0 Å². The van der Waals surface area contributed by atoms with Gasteiger partial charge in [-0.1, -0.05) is 38.3 Å². The van der Waals surface area contributed by atoms with Crippen molar-refractivity contribution in [3.63, 3.8) is 0 Å². The van der Waals surface area contributed by atoms with Crippen molar-refractivity contribution in [2.24, 2.45) is 5.92 Å². The Morgan fingerprint density at radius 3 is 1.83 bits per heavy atom. The number of piperazine rings is 1. The van der Waals surface area contributed by atoms with Crippen LogP contribution in [0.5, 0.6) is 0 Å². The van der Waals surface area contributed by atoms with Crippen LogP contribution in [0.3, 0.4) is 0 Å². The fraction of sp³-hybridized carbons (Fsp3) is 0.519. The molecule has 2 amide bonds. The third kappa shape index (κ3) is 6.07. The van der Waals surface area contributed by atoms with Gasteiger partial charge in [0.15, 0.2) is 0 Å². The number of aromatic nitrogens is 1. The van der Waals surface area contributed by atoms with Crippen LogP contribution >= 0.6 is 11.6 Å². The van der Waals surface area contributed by atoms with Crippen molar-refractivity contribution < 1.29 is 9.59 Å². The number of hydrogen-bond acceptors (Lipinski definition) is 4. The first-order valence-corrected chi connectivity index (χ1v) is 13.0. The van der Waals surface area contributed by atoms with Gasteiger partial charge < -0.3 is 19.3 Å². The van der Waals surface area contributed by atoms with E-state index in [1.54, 1.807) is 22.2 Å². The summed E-state index contributed by atoms with van der Waals surface area (Å²) in [5.41, 5.74) is 0.805. The summed E-state index contributed by atoms with van der Waals surface area (Å²) in [6.45, 7) is 8.45. The molecule has 0 bridgehead atoms. The Morgan fingerprint density at radius 2 is 1.31 bits per heavy atom. The van der Waals surface area contributed by atoms with Crippen LogP contribution in [0.1, 0.15) is 60.2 Å². The highest BCUT2D eigenvalue weighted by molar-refractivity contribution is 6.30. The van der Waals surface area contributed by atoms with Crippen LogP contribution < -0.4 is 10.3 Å². The standard InChI is InChI=1S/C27H35ClN4O3/c1-20(2)17-29-18-23(26(34)31-11-5-3-4-6-12-31)25(33)24(19-29)27(35)32-15-13-30(14-16-32)22-9-7-21(28)8-10-22/h7-10,18-20H,3-6,11-17H2,1-2H3. The van der Waals surface area contributed by atoms with Gasteiger partial charge in [0.1, 0.15) is 11.1 Å². The first-order chi connectivity index (χ1) is 16.8. The zero-order chi connectivity index (χ0) is 24.9. The van der Waals surface area contributed by atoms with Crippen LogP contribution in [0.15, 0.2) is 41.5 Å². The van der Waals surface area contributed by atoms with Gasteiger partial charge in [-0.3, -0.25) is 14.4 Å². The summed E-state index contributed by atoms with van der Waals surface area (Å²) in [6, 6.07) is 7.67. The van der Waals surface area contributed by atoms with Gasteiger partial charge in [0.25, 0.3) is 11.8 Å². The lowest BCUT2D eigenvalue weighted by Crippen LogP contribution is -2.50. The van der Waals surface area contributed by atoms with E-state index >= 15 is 0 Å². The number of rotatable bonds is 5. The van der Waals surface area contributed by atoms with E-state index in [1.807, 2.05) is 28.8 Å². The Kier molecular flexibility index (Phi) is 8.16. The highest BCUT2D eigenvalue weighted by Gasteiger charge is 2.28. The smallest absolute Gasteiger partial charge is 0.259 e. The SMILES string of the molecule is CC(C)Cn1cc(C(=O)N2CCCCCC2)c(=O)c(C(=O)N2CCN(c3ccc(Cl)cc3)CC2)c1.